The summed E-state index contributed by atoms with van der Waals surface area (Å²) in [5.41, 5.74) is 8.93. The number of anilines is 1. The number of nitrogens with zero attached hydrogens (tertiary/aromatic N) is 2. The van der Waals surface area contributed by atoms with Gasteiger partial charge < -0.3 is 15.4 Å². The zero-order valence-corrected chi connectivity index (χ0v) is 12.1. The second kappa shape index (κ2) is 5.04. The van der Waals surface area contributed by atoms with Crippen LogP contribution in [0.5, 0.6) is 0 Å². The summed E-state index contributed by atoms with van der Waals surface area (Å²) >= 11 is 0. The highest BCUT2D eigenvalue weighted by molar-refractivity contribution is 5.92. The van der Waals surface area contributed by atoms with Crippen LogP contribution in [0.1, 0.15) is 19.5 Å². The molecule has 0 radical (unpaired) electrons. The summed E-state index contributed by atoms with van der Waals surface area (Å²) in [6.07, 6.45) is 0. The lowest BCUT2D eigenvalue weighted by atomic mass is 9.99. The molecule has 3 rings (SSSR count). The van der Waals surface area contributed by atoms with E-state index in [1.54, 1.807) is 0 Å². The summed E-state index contributed by atoms with van der Waals surface area (Å²) < 4.78 is 5.62. The van der Waals surface area contributed by atoms with Gasteiger partial charge in [-0.25, -0.2) is 0 Å². The molecule has 0 aliphatic carbocycles. The van der Waals surface area contributed by atoms with Crippen molar-refractivity contribution < 1.29 is 4.74 Å². The molecule has 2 aromatic rings. The van der Waals surface area contributed by atoms with Gasteiger partial charge in [0.1, 0.15) is 0 Å². The predicted molar refractivity (Wildman–Crippen MR) is 81.9 cm³/mol. The van der Waals surface area contributed by atoms with Crippen molar-refractivity contribution in [1.29, 1.82) is 0 Å². The Morgan fingerprint density at radius 3 is 2.90 bits per heavy atom. The van der Waals surface area contributed by atoms with Crippen molar-refractivity contribution in [1.82, 2.24) is 4.98 Å². The highest BCUT2D eigenvalue weighted by atomic mass is 16.5. The number of hydrogen-bond donors (Lipinski definition) is 1. The summed E-state index contributed by atoms with van der Waals surface area (Å²) in [5.74, 6) is 0. The van der Waals surface area contributed by atoms with Crippen LogP contribution in [-0.2, 0) is 11.3 Å². The average Bonchev–Trinajstić information content (AvgIpc) is 2.46. The van der Waals surface area contributed by atoms with Gasteiger partial charge in [-0.2, -0.15) is 0 Å². The summed E-state index contributed by atoms with van der Waals surface area (Å²) in [5, 5.41) is 1.18. The van der Waals surface area contributed by atoms with Gasteiger partial charge in [-0.05, 0) is 26.0 Å². The third-order valence-corrected chi connectivity index (χ3v) is 3.89. The van der Waals surface area contributed by atoms with Gasteiger partial charge in [-0.3, -0.25) is 4.98 Å². The number of hydrogen-bond acceptors (Lipinski definition) is 4. The first-order valence-corrected chi connectivity index (χ1v) is 7.06. The quantitative estimate of drug-likeness (QED) is 0.910. The van der Waals surface area contributed by atoms with Crippen LogP contribution < -0.4 is 10.6 Å². The van der Waals surface area contributed by atoms with E-state index in [1.807, 2.05) is 12.1 Å². The minimum absolute atomic E-state index is 0.0196. The van der Waals surface area contributed by atoms with Crippen LogP contribution in [-0.4, -0.2) is 30.3 Å². The number of ether oxygens (including phenoxy) is 1. The van der Waals surface area contributed by atoms with E-state index in [0.717, 1.165) is 31.0 Å². The van der Waals surface area contributed by atoms with Gasteiger partial charge in [0.25, 0.3) is 0 Å². The number of para-hydroxylation sites is 1. The number of morpholine rings is 1. The van der Waals surface area contributed by atoms with E-state index >= 15 is 0 Å². The van der Waals surface area contributed by atoms with Gasteiger partial charge in [0.2, 0.25) is 0 Å². The van der Waals surface area contributed by atoms with Crippen LogP contribution in [0.15, 0.2) is 30.3 Å². The van der Waals surface area contributed by atoms with Crippen LogP contribution in [0, 0.1) is 0 Å². The Hall–Kier alpha value is -1.65. The lowest BCUT2D eigenvalue weighted by molar-refractivity contribution is 0.0645. The number of pyridine rings is 1. The molecule has 1 saturated heterocycles. The van der Waals surface area contributed by atoms with E-state index in [-0.39, 0.29) is 5.54 Å². The van der Waals surface area contributed by atoms with E-state index in [2.05, 4.69) is 41.9 Å². The maximum atomic E-state index is 5.80. The fourth-order valence-electron chi connectivity index (χ4n) is 2.84. The van der Waals surface area contributed by atoms with Crippen LogP contribution in [0.4, 0.5) is 5.69 Å². The molecule has 2 N–H and O–H groups in total. The average molecular weight is 271 g/mol. The van der Waals surface area contributed by atoms with Crippen molar-refractivity contribution in [2.45, 2.75) is 25.9 Å². The molecule has 0 spiro atoms. The third-order valence-electron chi connectivity index (χ3n) is 3.89. The van der Waals surface area contributed by atoms with Gasteiger partial charge in [0, 0.05) is 24.2 Å². The Balaban J connectivity index is 2.18. The standard InChI is InChI=1S/C16H21N3O/c1-16(2)11-20-8-7-19(16)15-9-12(10-17)18-14-6-4-3-5-13(14)15/h3-6,9H,7-8,10-11,17H2,1-2H3. The molecule has 0 saturated carbocycles. The maximum Gasteiger partial charge on any atom is 0.0726 e. The van der Waals surface area contributed by atoms with Crippen molar-refractivity contribution in [3.63, 3.8) is 0 Å². The largest absolute Gasteiger partial charge is 0.377 e. The first-order valence-electron chi connectivity index (χ1n) is 7.06. The molecule has 20 heavy (non-hydrogen) atoms. The monoisotopic (exact) mass is 271 g/mol. The molecule has 0 atom stereocenters. The van der Waals surface area contributed by atoms with E-state index in [9.17, 15) is 0 Å². The molecule has 1 aliphatic heterocycles. The molecular weight excluding hydrogens is 250 g/mol. The van der Waals surface area contributed by atoms with E-state index in [0.29, 0.717) is 6.54 Å². The van der Waals surface area contributed by atoms with E-state index in [1.165, 1.54) is 11.1 Å². The first-order chi connectivity index (χ1) is 9.62. The second-order valence-electron chi connectivity index (χ2n) is 5.87. The molecular formula is C16H21N3O. The Labute approximate surface area is 119 Å². The smallest absolute Gasteiger partial charge is 0.0726 e. The molecule has 4 heteroatoms. The number of benzene rings is 1. The molecule has 1 fully saturated rings. The van der Waals surface area contributed by atoms with Gasteiger partial charge in [0.15, 0.2) is 0 Å². The van der Waals surface area contributed by atoms with Gasteiger partial charge in [-0.1, -0.05) is 18.2 Å². The molecule has 0 amide bonds. The Bertz CT molecular complexity index is 624. The maximum absolute atomic E-state index is 5.80. The minimum atomic E-state index is -0.0196. The Morgan fingerprint density at radius 1 is 1.35 bits per heavy atom. The van der Waals surface area contributed by atoms with Gasteiger partial charge >= 0.3 is 0 Å². The van der Waals surface area contributed by atoms with Crippen LogP contribution in [0.3, 0.4) is 0 Å². The molecule has 4 nitrogen and oxygen atoms in total. The number of aromatic nitrogens is 1. The van der Waals surface area contributed by atoms with Gasteiger partial charge in [0.05, 0.1) is 30.0 Å². The van der Waals surface area contributed by atoms with Crippen molar-refractivity contribution in [3.8, 4) is 0 Å². The van der Waals surface area contributed by atoms with Crippen molar-refractivity contribution in [2.75, 3.05) is 24.7 Å². The van der Waals surface area contributed by atoms with Crippen LogP contribution in [0.25, 0.3) is 10.9 Å². The lowest BCUT2D eigenvalue weighted by Crippen LogP contribution is -2.53. The summed E-state index contributed by atoms with van der Waals surface area (Å²) in [6, 6.07) is 10.4. The summed E-state index contributed by atoms with van der Waals surface area (Å²) in [7, 11) is 0. The molecule has 106 valence electrons. The molecule has 1 aromatic heterocycles. The number of nitrogens with two attached hydrogens (primary N) is 1. The lowest BCUT2D eigenvalue weighted by Gasteiger charge is -2.44. The van der Waals surface area contributed by atoms with Gasteiger partial charge in [-0.15, -0.1) is 0 Å². The zero-order valence-electron chi connectivity index (χ0n) is 12.1. The van der Waals surface area contributed by atoms with E-state index in [4.69, 9.17) is 10.5 Å². The van der Waals surface area contributed by atoms with E-state index < -0.39 is 0 Å². The topological polar surface area (TPSA) is 51.4 Å². The van der Waals surface area contributed by atoms with Crippen LogP contribution in [0.2, 0.25) is 0 Å². The second-order valence-corrected chi connectivity index (χ2v) is 5.87. The predicted octanol–water partition coefficient (Wildman–Crippen LogP) is 2.31. The molecule has 1 aromatic carbocycles. The SMILES string of the molecule is CC1(C)COCCN1c1cc(CN)nc2ccccc12. The Morgan fingerprint density at radius 2 is 2.15 bits per heavy atom. The molecule has 2 heterocycles. The summed E-state index contributed by atoms with van der Waals surface area (Å²) in [6.45, 7) is 7.28. The fourth-order valence-corrected chi connectivity index (χ4v) is 2.84. The Kier molecular flexibility index (Phi) is 3.36. The van der Waals surface area contributed by atoms with Crippen LogP contribution >= 0.6 is 0 Å². The highest BCUT2D eigenvalue weighted by Gasteiger charge is 2.31. The van der Waals surface area contributed by atoms with Crippen molar-refractivity contribution in [3.05, 3.63) is 36.0 Å². The van der Waals surface area contributed by atoms with Crippen molar-refractivity contribution >= 4 is 16.6 Å². The third kappa shape index (κ3) is 2.25. The number of rotatable bonds is 2. The molecule has 0 unspecified atom stereocenters. The normalized spacial score (nSPS) is 18.4. The minimum Gasteiger partial charge on any atom is -0.377 e. The molecule has 0 bridgehead atoms. The zero-order chi connectivity index (χ0) is 14.2. The van der Waals surface area contributed by atoms with Crippen molar-refractivity contribution in [2.24, 2.45) is 5.73 Å². The highest BCUT2D eigenvalue weighted by Crippen LogP contribution is 2.33. The molecule has 1 aliphatic rings. The number of fused-ring (bicyclic) bond motifs is 1. The first kappa shape index (κ1) is 13.3. The summed E-state index contributed by atoms with van der Waals surface area (Å²) in [4.78, 5) is 7.03. The fraction of sp³-hybridized carbons (Fsp3) is 0.438.